The second kappa shape index (κ2) is 3.45. The van der Waals surface area contributed by atoms with Crippen molar-refractivity contribution in [2.75, 3.05) is 5.32 Å². The van der Waals surface area contributed by atoms with Gasteiger partial charge in [-0.2, -0.15) is 5.10 Å². The highest BCUT2D eigenvalue weighted by Gasteiger charge is 2.08. The monoisotopic (exact) mass is 205 g/mol. The van der Waals surface area contributed by atoms with Gasteiger partial charge in [0.2, 0.25) is 5.91 Å². The Hall–Kier alpha value is -2.31. The predicted octanol–water partition coefficient (Wildman–Crippen LogP) is 1.31. The number of anilines is 1. The summed E-state index contributed by atoms with van der Waals surface area (Å²) >= 11 is 0. The highest BCUT2D eigenvalue weighted by Crippen LogP contribution is 2.23. The number of fused-ring (bicyclic) bond motifs is 1. The second-order valence-corrected chi connectivity index (χ2v) is 2.94. The largest absolute Gasteiger partial charge is 0.311 e. The van der Waals surface area contributed by atoms with E-state index < -0.39 is 0 Å². The molecule has 2 heterocycles. The molecule has 0 atom stereocenters. The highest BCUT2D eigenvalue weighted by molar-refractivity contribution is 5.98. The summed E-state index contributed by atoms with van der Waals surface area (Å²) in [6, 6.07) is 1.50. The van der Waals surface area contributed by atoms with Gasteiger partial charge in [0, 0.05) is 6.92 Å². The molecule has 0 spiro atoms. The molecule has 0 aliphatic rings. The number of hydrogen-bond donors (Lipinski definition) is 2. The fraction of sp³-hybridized carbons (Fsp3) is 0.125. The van der Waals surface area contributed by atoms with Gasteiger partial charge in [-0.25, -0.2) is 4.98 Å². The first kappa shape index (κ1) is 9.25. The van der Waals surface area contributed by atoms with E-state index in [1.165, 1.54) is 19.2 Å². The van der Waals surface area contributed by atoms with Crippen LogP contribution in [0.25, 0.3) is 11.0 Å². The van der Waals surface area contributed by atoms with Gasteiger partial charge in [0.05, 0.1) is 11.6 Å². The smallest absolute Gasteiger partial charge is 0.222 e. The Labute approximate surface area is 83.9 Å². The SMILES string of the molecule is CC(=O)Nc1[nH]nc2ncc(N=O)cc12. The zero-order valence-electron chi connectivity index (χ0n) is 7.81. The Morgan fingerprint density at radius 2 is 2.40 bits per heavy atom. The van der Waals surface area contributed by atoms with Crippen molar-refractivity contribution >= 4 is 28.4 Å². The summed E-state index contributed by atoms with van der Waals surface area (Å²) in [5, 5.41) is 12.3. The van der Waals surface area contributed by atoms with Gasteiger partial charge >= 0.3 is 0 Å². The van der Waals surface area contributed by atoms with Crippen LogP contribution in [0.3, 0.4) is 0 Å². The fourth-order valence-electron chi connectivity index (χ4n) is 1.21. The molecule has 0 unspecified atom stereocenters. The molecule has 0 saturated carbocycles. The topological polar surface area (TPSA) is 100 Å². The van der Waals surface area contributed by atoms with Crippen LogP contribution in [0.15, 0.2) is 17.4 Å². The summed E-state index contributed by atoms with van der Waals surface area (Å²) in [5.74, 6) is 0.181. The molecule has 7 nitrogen and oxygen atoms in total. The average Bonchev–Trinajstić information content (AvgIpc) is 2.60. The number of carbonyl (C=O) groups is 1. The van der Waals surface area contributed by atoms with Gasteiger partial charge in [-0.1, -0.05) is 0 Å². The van der Waals surface area contributed by atoms with E-state index in [9.17, 15) is 9.70 Å². The molecule has 1 amide bonds. The van der Waals surface area contributed by atoms with Crippen LogP contribution < -0.4 is 5.32 Å². The van der Waals surface area contributed by atoms with E-state index >= 15 is 0 Å². The third-order valence-corrected chi connectivity index (χ3v) is 1.80. The van der Waals surface area contributed by atoms with Gasteiger partial charge in [-0.05, 0) is 11.2 Å². The maximum Gasteiger partial charge on any atom is 0.222 e. The van der Waals surface area contributed by atoms with Crippen molar-refractivity contribution < 1.29 is 4.79 Å². The van der Waals surface area contributed by atoms with Crippen molar-refractivity contribution in [1.29, 1.82) is 0 Å². The van der Waals surface area contributed by atoms with Gasteiger partial charge in [0.1, 0.15) is 11.5 Å². The standard InChI is InChI=1S/C8H7N5O2/c1-4(14)10-8-6-2-5(13-15)3-9-7(6)11-12-8/h2-3H,1H3,(H2,9,10,11,12,14). The van der Waals surface area contributed by atoms with Crippen LogP contribution in [0, 0.1) is 4.91 Å². The van der Waals surface area contributed by atoms with E-state index in [1.54, 1.807) is 0 Å². The third kappa shape index (κ3) is 1.66. The first-order valence-electron chi connectivity index (χ1n) is 4.16. The maximum atomic E-state index is 10.8. The van der Waals surface area contributed by atoms with Crippen LogP contribution >= 0.6 is 0 Å². The number of rotatable bonds is 2. The van der Waals surface area contributed by atoms with Crippen LogP contribution in [0.2, 0.25) is 0 Å². The van der Waals surface area contributed by atoms with Gasteiger partial charge in [-0.15, -0.1) is 4.91 Å². The lowest BCUT2D eigenvalue weighted by Crippen LogP contribution is -2.06. The molecule has 7 heteroatoms. The number of nitrogens with zero attached hydrogens (tertiary/aromatic N) is 3. The maximum absolute atomic E-state index is 10.8. The van der Waals surface area contributed by atoms with E-state index in [0.29, 0.717) is 16.9 Å². The first-order chi connectivity index (χ1) is 7.20. The van der Waals surface area contributed by atoms with Crippen molar-refractivity contribution in [3.63, 3.8) is 0 Å². The molecular weight excluding hydrogens is 198 g/mol. The number of nitrogens with one attached hydrogen (secondary N) is 2. The summed E-state index contributed by atoms with van der Waals surface area (Å²) in [4.78, 5) is 25.0. The number of amides is 1. The van der Waals surface area contributed by atoms with Gasteiger partial charge in [-0.3, -0.25) is 9.89 Å². The van der Waals surface area contributed by atoms with Crippen LogP contribution in [-0.2, 0) is 4.79 Å². The second-order valence-electron chi connectivity index (χ2n) is 2.94. The zero-order valence-corrected chi connectivity index (χ0v) is 7.81. The van der Waals surface area contributed by atoms with E-state index in [4.69, 9.17) is 0 Å². The summed E-state index contributed by atoms with van der Waals surface area (Å²) < 4.78 is 0. The number of hydrogen-bond acceptors (Lipinski definition) is 5. The molecule has 0 fully saturated rings. The van der Waals surface area contributed by atoms with Crippen LogP contribution in [0.5, 0.6) is 0 Å². The first-order valence-corrected chi connectivity index (χ1v) is 4.16. The quantitative estimate of drug-likeness (QED) is 0.722. The van der Waals surface area contributed by atoms with Gasteiger partial charge in [0.25, 0.3) is 0 Å². The summed E-state index contributed by atoms with van der Waals surface area (Å²) in [6.07, 6.45) is 1.31. The van der Waals surface area contributed by atoms with E-state index in [1.807, 2.05) is 0 Å². The number of nitroso groups, excluding NO2 is 1. The fourth-order valence-corrected chi connectivity index (χ4v) is 1.21. The van der Waals surface area contributed by atoms with Crippen molar-refractivity contribution in [3.05, 3.63) is 17.2 Å². The minimum atomic E-state index is -0.231. The number of aromatic amines is 1. The van der Waals surface area contributed by atoms with Crippen LogP contribution in [0.1, 0.15) is 6.92 Å². The molecule has 76 valence electrons. The number of pyridine rings is 1. The summed E-state index contributed by atoms with van der Waals surface area (Å²) in [7, 11) is 0. The average molecular weight is 205 g/mol. The van der Waals surface area contributed by atoms with Crippen LogP contribution in [0.4, 0.5) is 11.5 Å². The molecule has 0 aliphatic heterocycles. The molecule has 2 N–H and O–H groups in total. The Bertz CT molecular complexity index is 533. The Morgan fingerprint density at radius 3 is 3.07 bits per heavy atom. The molecule has 2 aromatic rings. The van der Waals surface area contributed by atoms with Gasteiger partial charge < -0.3 is 5.32 Å². The zero-order chi connectivity index (χ0) is 10.8. The summed E-state index contributed by atoms with van der Waals surface area (Å²) in [6.45, 7) is 1.38. The number of aromatic nitrogens is 3. The number of carbonyl (C=O) groups excluding carboxylic acids is 1. The molecule has 0 bridgehead atoms. The lowest BCUT2D eigenvalue weighted by atomic mass is 10.3. The third-order valence-electron chi connectivity index (χ3n) is 1.80. The van der Waals surface area contributed by atoms with E-state index in [-0.39, 0.29) is 11.6 Å². The lowest BCUT2D eigenvalue weighted by Gasteiger charge is -1.97. The molecular formula is C8H7N5O2. The van der Waals surface area contributed by atoms with E-state index in [2.05, 4.69) is 25.7 Å². The van der Waals surface area contributed by atoms with Crippen molar-refractivity contribution in [2.45, 2.75) is 6.92 Å². The van der Waals surface area contributed by atoms with Crippen molar-refractivity contribution in [2.24, 2.45) is 5.18 Å². The van der Waals surface area contributed by atoms with E-state index in [0.717, 1.165) is 0 Å². The Kier molecular flexibility index (Phi) is 2.13. The Balaban J connectivity index is 2.55. The van der Waals surface area contributed by atoms with Crippen molar-refractivity contribution in [1.82, 2.24) is 15.2 Å². The molecule has 0 aromatic carbocycles. The van der Waals surface area contributed by atoms with Crippen LogP contribution in [-0.4, -0.2) is 21.1 Å². The molecule has 2 aromatic heterocycles. The van der Waals surface area contributed by atoms with Crippen molar-refractivity contribution in [3.8, 4) is 0 Å². The lowest BCUT2D eigenvalue weighted by molar-refractivity contribution is -0.114. The summed E-state index contributed by atoms with van der Waals surface area (Å²) in [5.41, 5.74) is 0.613. The molecule has 0 aliphatic carbocycles. The number of H-pyrrole nitrogens is 1. The Morgan fingerprint density at radius 1 is 1.60 bits per heavy atom. The predicted molar refractivity (Wildman–Crippen MR) is 53.6 cm³/mol. The molecule has 0 saturated heterocycles. The molecule has 2 rings (SSSR count). The highest BCUT2D eigenvalue weighted by atomic mass is 16.3. The molecule has 15 heavy (non-hydrogen) atoms. The minimum Gasteiger partial charge on any atom is -0.311 e. The van der Waals surface area contributed by atoms with Gasteiger partial charge in [0.15, 0.2) is 5.65 Å². The normalized spacial score (nSPS) is 10.2. The minimum absolute atomic E-state index is 0.190. The molecule has 0 radical (unpaired) electrons.